The summed E-state index contributed by atoms with van der Waals surface area (Å²) in [6.07, 6.45) is 4.52. The van der Waals surface area contributed by atoms with E-state index in [-0.39, 0.29) is 69.6 Å². The zero-order valence-corrected chi connectivity index (χ0v) is 42.8. The molecule has 8 atom stereocenters. The first kappa shape index (κ1) is 57.8. The fourth-order valence-electron chi connectivity index (χ4n) is 8.67. The van der Waals surface area contributed by atoms with E-state index in [9.17, 15) is 43.6 Å². The van der Waals surface area contributed by atoms with Crippen molar-refractivity contribution >= 4 is 43.3 Å². The number of amides is 6. The number of pyridine rings is 1. The Bertz CT molecular complexity index is 2250. The van der Waals surface area contributed by atoms with Gasteiger partial charge in [0.15, 0.2) is 6.20 Å². The lowest BCUT2D eigenvalue weighted by Gasteiger charge is -2.35. The van der Waals surface area contributed by atoms with Crippen LogP contribution in [0, 0.1) is 28.9 Å². The van der Waals surface area contributed by atoms with E-state index in [4.69, 9.17) is 9.79 Å². The standard InChI is InChI=1S/C49H74N9O12P/c1-8-33(6)44(48(64)51-29-36-18-12-13-22-58(36)66)55-45(61)37(32(4)5)27-42(59)38(24-31(2)3)53-47(63)41(26-35-28-50-30-52-35)56(7)49(65)39(25-34-16-10-9-11-17-34)54-46(62)40-19-14-21-57(40)43(60)20-15-23-70-71(67,68)69/h9-13,16-18,22,28,30-33,37-42,44,59H,8,14-15,19-21,23-27,29H2,1-7H3,(H,50,52)(H,51,64)(H,53,63)(H,54,62)(H,55,61)(H2,67,68,69)/t33-,37-,38-,39-,40-,41-,42?,44-/m0/s1. The largest absolute Gasteiger partial charge is 0.618 e. The number of carbonyl (C=O) groups is 6. The van der Waals surface area contributed by atoms with Crippen LogP contribution in [0.1, 0.15) is 103 Å². The topological polar surface area (TPSA) is 300 Å². The van der Waals surface area contributed by atoms with Gasteiger partial charge in [0.2, 0.25) is 41.1 Å². The highest BCUT2D eigenvalue weighted by molar-refractivity contribution is 7.46. The number of likely N-dealkylation sites (tertiary alicyclic amines) is 1. The molecule has 1 unspecified atom stereocenters. The summed E-state index contributed by atoms with van der Waals surface area (Å²) >= 11 is 0. The molecule has 0 spiro atoms. The molecule has 1 fully saturated rings. The Morgan fingerprint density at radius 2 is 1.66 bits per heavy atom. The van der Waals surface area contributed by atoms with Gasteiger partial charge in [-0.15, -0.1) is 0 Å². The Hall–Kier alpha value is -5.73. The van der Waals surface area contributed by atoms with Gasteiger partial charge in [0.05, 0.1) is 25.1 Å². The second-order valence-corrected chi connectivity index (χ2v) is 20.4. The van der Waals surface area contributed by atoms with Crippen LogP contribution in [0.3, 0.4) is 0 Å². The summed E-state index contributed by atoms with van der Waals surface area (Å²) in [5.74, 6) is -4.56. The number of nitrogens with zero attached hydrogens (tertiary/aromatic N) is 4. The van der Waals surface area contributed by atoms with Gasteiger partial charge in [-0.25, -0.2) is 9.55 Å². The summed E-state index contributed by atoms with van der Waals surface area (Å²) in [5.41, 5.74) is 1.56. The third-order valence-electron chi connectivity index (χ3n) is 12.9. The zero-order valence-electron chi connectivity index (χ0n) is 41.9. The second-order valence-electron chi connectivity index (χ2n) is 19.2. The van der Waals surface area contributed by atoms with Gasteiger partial charge >= 0.3 is 7.82 Å². The fraction of sp³-hybridized carbons (Fsp3) is 0.592. The predicted molar refractivity (Wildman–Crippen MR) is 262 cm³/mol. The molecule has 0 radical (unpaired) electrons. The molecule has 21 nitrogen and oxygen atoms in total. The average molecular weight is 1010 g/mol. The molecule has 8 N–H and O–H groups in total. The molecule has 71 heavy (non-hydrogen) atoms. The molecule has 0 saturated carbocycles. The van der Waals surface area contributed by atoms with Crippen LogP contribution in [0.4, 0.5) is 0 Å². The number of rotatable bonds is 28. The molecular formula is C49H74N9O12P. The number of likely N-dealkylation sites (N-methyl/N-ethyl adjacent to an activating group) is 1. The van der Waals surface area contributed by atoms with Crippen molar-refractivity contribution in [3.05, 3.63) is 89.4 Å². The Morgan fingerprint density at radius 3 is 2.28 bits per heavy atom. The van der Waals surface area contributed by atoms with Crippen molar-refractivity contribution in [2.75, 3.05) is 20.2 Å². The Kier molecular flexibility index (Phi) is 22.6. The molecule has 1 aliphatic rings. The van der Waals surface area contributed by atoms with Gasteiger partial charge in [-0.3, -0.25) is 33.3 Å². The van der Waals surface area contributed by atoms with Gasteiger partial charge in [-0.2, -0.15) is 4.73 Å². The van der Waals surface area contributed by atoms with E-state index in [1.807, 2.05) is 47.6 Å². The van der Waals surface area contributed by atoms with Gasteiger partial charge in [0.1, 0.15) is 30.7 Å². The maximum absolute atomic E-state index is 14.8. The molecule has 2 aromatic heterocycles. The first-order valence-electron chi connectivity index (χ1n) is 24.4. The third-order valence-corrected chi connectivity index (χ3v) is 13.5. The summed E-state index contributed by atoms with van der Waals surface area (Å²) < 4.78 is 16.2. The number of aromatic amines is 1. The summed E-state index contributed by atoms with van der Waals surface area (Å²) in [6, 6.07) is 8.66. The number of H-pyrrole nitrogens is 1. The number of nitrogens with one attached hydrogen (secondary N) is 5. The second kappa shape index (κ2) is 27.8. The molecule has 3 aromatic rings. The lowest BCUT2D eigenvalue weighted by molar-refractivity contribution is -0.614. The molecule has 0 aliphatic carbocycles. The van der Waals surface area contributed by atoms with Crippen LogP contribution in [0.5, 0.6) is 0 Å². The quantitative estimate of drug-likeness (QED) is 0.0225. The van der Waals surface area contributed by atoms with Crippen molar-refractivity contribution in [1.29, 1.82) is 0 Å². The van der Waals surface area contributed by atoms with E-state index < -0.39 is 85.5 Å². The van der Waals surface area contributed by atoms with E-state index in [1.54, 1.807) is 42.5 Å². The first-order valence-corrected chi connectivity index (χ1v) is 25.9. The van der Waals surface area contributed by atoms with Gasteiger partial charge in [-0.05, 0) is 61.5 Å². The molecule has 1 aliphatic heterocycles. The minimum absolute atomic E-state index is 0.0117. The Morgan fingerprint density at radius 1 is 0.958 bits per heavy atom. The minimum atomic E-state index is -4.72. The number of benzene rings is 1. The number of phosphoric acid groups is 1. The van der Waals surface area contributed by atoms with Crippen LogP contribution >= 0.6 is 7.82 Å². The predicted octanol–water partition coefficient (Wildman–Crippen LogP) is 2.42. The monoisotopic (exact) mass is 1010 g/mol. The van der Waals surface area contributed by atoms with Gasteiger partial charge < -0.3 is 56.2 Å². The van der Waals surface area contributed by atoms with Crippen molar-refractivity contribution in [2.45, 2.75) is 142 Å². The highest BCUT2D eigenvalue weighted by Gasteiger charge is 2.40. The van der Waals surface area contributed by atoms with Crippen molar-refractivity contribution in [3.8, 4) is 0 Å². The SMILES string of the molecule is CC[C@H](C)[C@H](NC(=O)[C@@H](CC(O)[C@H](CC(C)C)NC(=O)[C@H](Cc1cnc[nH]1)N(C)C(=O)[C@H](Cc1ccccc1)NC(=O)[C@@H]1CCCN1C(=O)CCCOP(=O)(O)O)C(C)C)C(=O)NCc1cccc[n+]1[O-]. The minimum Gasteiger partial charge on any atom is -0.618 e. The molecule has 3 heterocycles. The number of carbonyl (C=O) groups excluding carboxylic acids is 6. The lowest BCUT2D eigenvalue weighted by atomic mass is 9.85. The van der Waals surface area contributed by atoms with Crippen molar-refractivity contribution in [2.24, 2.45) is 23.7 Å². The molecular weight excluding hydrogens is 938 g/mol. The lowest BCUT2D eigenvalue weighted by Crippen LogP contribution is -2.59. The third kappa shape index (κ3) is 18.1. The molecule has 0 bridgehead atoms. The maximum atomic E-state index is 14.8. The van der Waals surface area contributed by atoms with E-state index in [2.05, 4.69) is 35.8 Å². The van der Waals surface area contributed by atoms with E-state index in [1.165, 1.54) is 35.6 Å². The number of phosphoric ester groups is 1. The van der Waals surface area contributed by atoms with Crippen LogP contribution in [0.2, 0.25) is 0 Å². The highest BCUT2D eigenvalue weighted by Crippen LogP contribution is 2.36. The van der Waals surface area contributed by atoms with Crippen LogP contribution in [0.25, 0.3) is 0 Å². The van der Waals surface area contributed by atoms with Crippen LogP contribution < -0.4 is 26.0 Å². The van der Waals surface area contributed by atoms with Gasteiger partial charge in [-0.1, -0.05) is 78.3 Å². The number of imidazole rings is 1. The summed E-state index contributed by atoms with van der Waals surface area (Å²) in [6.45, 7) is 11.1. The average Bonchev–Trinajstić information content (AvgIpc) is 4.05. The summed E-state index contributed by atoms with van der Waals surface area (Å²) in [5, 5.41) is 35.8. The van der Waals surface area contributed by atoms with Crippen molar-refractivity contribution in [1.82, 2.24) is 41.0 Å². The molecule has 392 valence electrons. The van der Waals surface area contributed by atoms with E-state index in [0.717, 1.165) is 0 Å². The first-order chi connectivity index (χ1) is 33.6. The zero-order chi connectivity index (χ0) is 52.4. The normalized spacial score (nSPS) is 16.8. The van der Waals surface area contributed by atoms with Gasteiger partial charge in [0, 0.05) is 62.8 Å². The molecule has 22 heteroatoms. The van der Waals surface area contributed by atoms with Crippen molar-refractivity contribution in [3.63, 3.8) is 0 Å². The highest BCUT2D eigenvalue weighted by atomic mass is 31.2. The van der Waals surface area contributed by atoms with E-state index >= 15 is 0 Å². The number of aliphatic hydroxyl groups excluding tert-OH is 1. The smallest absolute Gasteiger partial charge is 0.469 e. The Balaban J connectivity index is 1.55. The molecule has 1 aromatic carbocycles. The van der Waals surface area contributed by atoms with Crippen LogP contribution in [-0.4, -0.2) is 127 Å². The molecule has 4 rings (SSSR count). The number of hydrogen-bond acceptors (Lipinski definition) is 11. The van der Waals surface area contributed by atoms with Crippen LogP contribution in [0.15, 0.2) is 67.3 Å². The number of aliphatic hydroxyl groups is 1. The van der Waals surface area contributed by atoms with E-state index in [0.29, 0.717) is 47.4 Å². The summed E-state index contributed by atoms with van der Waals surface area (Å²) in [7, 11) is -3.27. The molecule has 1 saturated heterocycles. The number of aromatic nitrogens is 3. The number of hydrogen-bond donors (Lipinski definition) is 8. The van der Waals surface area contributed by atoms with Crippen molar-refractivity contribution < 1.29 is 57.5 Å². The summed E-state index contributed by atoms with van der Waals surface area (Å²) in [4.78, 5) is 112. The fourth-order valence-corrected chi connectivity index (χ4v) is 9.04. The maximum Gasteiger partial charge on any atom is 0.469 e. The van der Waals surface area contributed by atoms with Gasteiger partial charge in [0.25, 0.3) is 0 Å². The Labute approximate surface area is 416 Å². The molecule has 6 amide bonds. The van der Waals surface area contributed by atoms with Crippen LogP contribution in [-0.2, 0) is 57.2 Å².